The number of hydrogen-bond donors (Lipinski definition) is 3. The van der Waals surface area contributed by atoms with Gasteiger partial charge < -0.3 is 20.3 Å². The topological polar surface area (TPSA) is 95.9 Å². The van der Waals surface area contributed by atoms with Gasteiger partial charge in [0.15, 0.2) is 17.3 Å². The van der Waals surface area contributed by atoms with E-state index in [9.17, 15) is 19.8 Å². The van der Waals surface area contributed by atoms with Gasteiger partial charge in [0.05, 0.1) is 13.2 Å². The van der Waals surface area contributed by atoms with Gasteiger partial charge in [0.2, 0.25) is 0 Å². The minimum atomic E-state index is -0.976. The van der Waals surface area contributed by atoms with Crippen LogP contribution in [0, 0.1) is 46.8 Å². The summed E-state index contributed by atoms with van der Waals surface area (Å²) in [5.74, 6) is 10.5. The fraction of sp³-hybridized carbons (Fsp3) is 0.688. The van der Waals surface area contributed by atoms with Crippen LogP contribution in [0.1, 0.15) is 75.3 Å². The second-order valence-electron chi connectivity index (χ2n) is 12.7. The van der Waals surface area contributed by atoms with E-state index in [-0.39, 0.29) is 11.5 Å². The van der Waals surface area contributed by atoms with Crippen LogP contribution in [0.25, 0.3) is 0 Å². The maximum absolute atomic E-state index is 13.6. The number of ketones is 2. The van der Waals surface area contributed by atoms with Crippen molar-refractivity contribution in [3.05, 3.63) is 23.3 Å². The Bertz CT molecular complexity index is 1170. The summed E-state index contributed by atoms with van der Waals surface area (Å²) in [5.41, 5.74) is 0.923. The van der Waals surface area contributed by atoms with Crippen molar-refractivity contribution in [2.75, 3.05) is 13.7 Å². The van der Waals surface area contributed by atoms with Crippen LogP contribution in [0.4, 0.5) is 0 Å². The van der Waals surface area contributed by atoms with E-state index in [0.29, 0.717) is 79.8 Å². The molecule has 204 valence electrons. The zero-order chi connectivity index (χ0) is 26.4. The molecule has 1 aromatic rings. The van der Waals surface area contributed by atoms with E-state index in [4.69, 9.17) is 4.74 Å². The molecule has 1 heterocycles. The number of methoxy groups -OCH3 is 1. The first-order chi connectivity index (χ1) is 18.4. The van der Waals surface area contributed by atoms with Crippen LogP contribution in [-0.4, -0.2) is 47.6 Å². The lowest BCUT2D eigenvalue weighted by atomic mass is 9.57. The monoisotopic (exact) mass is 519 g/mol. The van der Waals surface area contributed by atoms with Crippen LogP contribution < -0.4 is 10.1 Å². The van der Waals surface area contributed by atoms with Crippen molar-refractivity contribution in [3.8, 4) is 23.3 Å². The highest BCUT2D eigenvalue weighted by Crippen LogP contribution is 2.51. The number of carbonyl (C=O) groups excluding carboxylic acids is 2. The number of carbonyl (C=O) groups is 2. The quantitative estimate of drug-likeness (QED) is 0.512. The molecule has 38 heavy (non-hydrogen) atoms. The molecule has 5 aliphatic rings. The molecule has 1 saturated heterocycles. The lowest BCUT2D eigenvalue weighted by Gasteiger charge is -2.51. The number of phenolic OH excluding ortho intramolecular Hbond substituents is 1. The maximum Gasteiger partial charge on any atom is 0.160 e. The molecule has 4 fully saturated rings. The molecule has 6 nitrogen and oxygen atoms in total. The summed E-state index contributed by atoms with van der Waals surface area (Å²) >= 11 is 0. The zero-order valence-electron chi connectivity index (χ0n) is 22.5. The van der Waals surface area contributed by atoms with Gasteiger partial charge in [-0.25, -0.2) is 0 Å². The fourth-order valence-electron chi connectivity index (χ4n) is 8.75. The summed E-state index contributed by atoms with van der Waals surface area (Å²) < 4.78 is 5.27. The lowest BCUT2D eigenvalue weighted by molar-refractivity contribution is -0.135. The molecule has 1 spiro atoms. The van der Waals surface area contributed by atoms with Crippen LogP contribution >= 0.6 is 0 Å². The standard InChI is InChI=1S/C32H41NO5/c1-38-29-15-21-5-9-30(36)32(11-2-3-19(21)14-28(29)35)12-10-22(16-31(32)37)20-4-7-25-23(13-20)18-33-27-17-24(34)6-8-26(25)27/h14-15,20,22-23,25-27,31,33,35,37H,3-10,12-13,16-18H2,1H3/t20-,22-,23+,25-,26+,27-,31-,32-/m1/s1. The largest absolute Gasteiger partial charge is 0.504 e. The predicted molar refractivity (Wildman–Crippen MR) is 144 cm³/mol. The van der Waals surface area contributed by atoms with Crippen molar-refractivity contribution in [2.45, 2.75) is 89.2 Å². The Kier molecular flexibility index (Phi) is 7.03. The Balaban J connectivity index is 1.13. The van der Waals surface area contributed by atoms with Gasteiger partial charge in [-0.1, -0.05) is 11.8 Å². The Morgan fingerprint density at radius 3 is 2.63 bits per heavy atom. The maximum atomic E-state index is 13.6. The summed E-state index contributed by atoms with van der Waals surface area (Å²) in [5, 5.41) is 25.4. The first kappa shape index (κ1) is 25.9. The number of aliphatic hydroxyl groups is 1. The molecule has 0 aromatic heterocycles. The van der Waals surface area contributed by atoms with Crippen molar-refractivity contribution >= 4 is 11.6 Å². The Morgan fingerprint density at radius 1 is 0.974 bits per heavy atom. The summed E-state index contributed by atoms with van der Waals surface area (Å²) in [4.78, 5) is 25.6. The molecule has 1 aromatic carbocycles. The van der Waals surface area contributed by atoms with Gasteiger partial charge in [0, 0.05) is 31.7 Å². The predicted octanol–water partition coefficient (Wildman–Crippen LogP) is 3.98. The minimum Gasteiger partial charge on any atom is -0.504 e. The average molecular weight is 520 g/mol. The molecule has 0 unspecified atom stereocenters. The molecule has 0 bridgehead atoms. The number of benzene rings is 1. The van der Waals surface area contributed by atoms with Crippen LogP contribution in [0.15, 0.2) is 12.1 Å². The van der Waals surface area contributed by atoms with E-state index in [1.165, 1.54) is 26.4 Å². The Hall–Kier alpha value is -2.36. The van der Waals surface area contributed by atoms with E-state index in [2.05, 4.69) is 17.2 Å². The lowest BCUT2D eigenvalue weighted by Crippen LogP contribution is -2.55. The van der Waals surface area contributed by atoms with Crippen molar-refractivity contribution < 1.29 is 24.5 Å². The van der Waals surface area contributed by atoms with Gasteiger partial charge in [-0.05, 0) is 111 Å². The number of aromatic hydroxyl groups is 1. The van der Waals surface area contributed by atoms with E-state index < -0.39 is 11.5 Å². The number of hydrogen-bond acceptors (Lipinski definition) is 6. The van der Waals surface area contributed by atoms with Crippen molar-refractivity contribution in [3.63, 3.8) is 0 Å². The summed E-state index contributed by atoms with van der Waals surface area (Å²) in [6.45, 7) is 1.01. The molecular weight excluding hydrogens is 478 g/mol. The highest BCUT2D eigenvalue weighted by molar-refractivity contribution is 5.89. The molecule has 6 heteroatoms. The van der Waals surface area contributed by atoms with Crippen LogP contribution in [0.3, 0.4) is 0 Å². The number of piperidine rings is 1. The number of aliphatic hydroxyl groups excluding tert-OH is 1. The molecule has 6 rings (SSSR count). The summed E-state index contributed by atoms with van der Waals surface area (Å²) in [6.07, 6.45) is 8.96. The molecule has 3 N–H and O–H groups in total. The van der Waals surface area contributed by atoms with Gasteiger partial charge in [-0.2, -0.15) is 0 Å². The highest BCUT2D eigenvalue weighted by Gasteiger charge is 2.50. The van der Waals surface area contributed by atoms with Crippen LogP contribution in [0.2, 0.25) is 0 Å². The van der Waals surface area contributed by atoms with Crippen LogP contribution in [0.5, 0.6) is 11.5 Å². The third-order valence-electron chi connectivity index (χ3n) is 10.9. The molecule has 1 aliphatic heterocycles. The summed E-state index contributed by atoms with van der Waals surface area (Å²) in [6, 6.07) is 3.90. The Morgan fingerprint density at radius 2 is 1.82 bits per heavy atom. The molecule has 8 atom stereocenters. The first-order valence-electron chi connectivity index (χ1n) is 14.7. The molecule has 3 saturated carbocycles. The molecule has 0 amide bonds. The molecule has 0 radical (unpaired) electrons. The van der Waals surface area contributed by atoms with E-state index in [1.54, 1.807) is 6.07 Å². The van der Waals surface area contributed by atoms with E-state index in [0.717, 1.165) is 42.9 Å². The number of ether oxygens (including phenoxy) is 1. The van der Waals surface area contributed by atoms with Gasteiger partial charge in [-0.15, -0.1) is 0 Å². The smallest absolute Gasteiger partial charge is 0.160 e. The number of fused-ring (bicyclic) bond motifs is 4. The summed E-state index contributed by atoms with van der Waals surface area (Å²) in [7, 11) is 1.53. The number of phenols is 1. The first-order valence-corrected chi connectivity index (χ1v) is 14.7. The van der Waals surface area contributed by atoms with E-state index in [1.807, 2.05) is 6.07 Å². The van der Waals surface area contributed by atoms with Crippen molar-refractivity contribution in [2.24, 2.45) is 35.0 Å². The highest BCUT2D eigenvalue weighted by atomic mass is 16.5. The second-order valence-corrected chi connectivity index (χ2v) is 12.7. The van der Waals surface area contributed by atoms with Gasteiger partial charge >= 0.3 is 0 Å². The van der Waals surface area contributed by atoms with Crippen molar-refractivity contribution in [1.29, 1.82) is 0 Å². The number of aryl methyl sites for hydroxylation is 1. The minimum absolute atomic E-state index is 0.0499. The number of nitrogens with one attached hydrogen (secondary N) is 1. The van der Waals surface area contributed by atoms with Crippen LogP contribution in [-0.2, 0) is 22.4 Å². The van der Waals surface area contributed by atoms with Gasteiger partial charge in [-0.3, -0.25) is 9.59 Å². The number of Topliss-reactive ketones (excluding diaryl/α,β-unsaturated/α-hetero) is 2. The fourth-order valence-corrected chi connectivity index (χ4v) is 8.75. The Labute approximate surface area is 225 Å². The molecular formula is C32H41NO5. The number of rotatable bonds is 2. The normalized spacial score (nSPS) is 38.9. The average Bonchev–Trinajstić information content (AvgIpc) is 2.98. The van der Waals surface area contributed by atoms with Gasteiger partial charge in [0.1, 0.15) is 11.2 Å². The molecule has 4 aliphatic carbocycles. The van der Waals surface area contributed by atoms with Crippen molar-refractivity contribution in [1.82, 2.24) is 5.32 Å². The van der Waals surface area contributed by atoms with E-state index >= 15 is 0 Å². The third kappa shape index (κ3) is 4.56. The third-order valence-corrected chi connectivity index (χ3v) is 10.9. The second kappa shape index (κ2) is 10.3. The van der Waals surface area contributed by atoms with Gasteiger partial charge in [0.25, 0.3) is 0 Å². The SMILES string of the molecule is COc1cc2c(cc1O)CC#C[C@@]1(CC[C@@H]([C@@H]3CC[C@@H]4[C@H](CN[C@@H]5CC(=O)CC[C@@H]45)C3)C[C@H]1O)C(=O)CC2. The zero-order valence-corrected chi connectivity index (χ0v) is 22.5.